The van der Waals surface area contributed by atoms with Crippen LogP contribution in [0.25, 0.3) is 11.1 Å². The van der Waals surface area contributed by atoms with Crippen molar-refractivity contribution in [1.82, 2.24) is 4.98 Å². The minimum atomic E-state index is -0.420. The van der Waals surface area contributed by atoms with Gasteiger partial charge in [0.2, 0.25) is 6.79 Å². The lowest BCUT2D eigenvalue weighted by Crippen LogP contribution is -2.23. The second-order valence-electron chi connectivity index (χ2n) is 7.94. The van der Waals surface area contributed by atoms with Crippen LogP contribution in [-0.2, 0) is 16.6 Å². The number of fused-ring (bicyclic) bond motifs is 1. The number of methoxy groups -OCH3 is 1. The molecular formula is C25H23NO4. The summed E-state index contributed by atoms with van der Waals surface area (Å²) < 4.78 is 16.4. The molecule has 0 amide bonds. The van der Waals surface area contributed by atoms with E-state index >= 15 is 0 Å². The molecule has 0 saturated heterocycles. The Morgan fingerprint density at radius 2 is 1.90 bits per heavy atom. The van der Waals surface area contributed by atoms with Crippen LogP contribution in [0.5, 0.6) is 17.2 Å². The summed E-state index contributed by atoms with van der Waals surface area (Å²) in [5.74, 6) is 2.48. The van der Waals surface area contributed by atoms with Crippen LogP contribution in [0.3, 0.4) is 0 Å². The van der Waals surface area contributed by atoms with Crippen molar-refractivity contribution in [3.63, 3.8) is 0 Å². The minimum Gasteiger partial charge on any atom is -0.496 e. The molecule has 0 N–H and O–H groups in total. The SMILES string of the molecule is COc1ccccc1-c1cnc(CC(=O)C2(c3ccc4c(c3)OCO4)CC2)c(C)c1. The van der Waals surface area contributed by atoms with Gasteiger partial charge in [-0.3, -0.25) is 9.78 Å². The molecule has 5 nitrogen and oxygen atoms in total. The highest BCUT2D eigenvalue weighted by Gasteiger charge is 2.51. The van der Waals surface area contributed by atoms with Gasteiger partial charge in [-0.15, -0.1) is 0 Å². The predicted octanol–water partition coefficient (Wildman–Crippen LogP) is 4.64. The van der Waals surface area contributed by atoms with Gasteiger partial charge in [-0.1, -0.05) is 24.3 Å². The van der Waals surface area contributed by atoms with Crippen LogP contribution < -0.4 is 14.2 Å². The van der Waals surface area contributed by atoms with Crippen LogP contribution in [-0.4, -0.2) is 24.7 Å². The second kappa shape index (κ2) is 7.17. The number of ketones is 1. The zero-order valence-corrected chi connectivity index (χ0v) is 17.1. The number of carbonyl (C=O) groups excluding carboxylic acids is 1. The smallest absolute Gasteiger partial charge is 0.231 e. The number of pyridine rings is 1. The average molecular weight is 401 g/mol. The topological polar surface area (TPSA) is 57.7 Å². The van der Waals surface area contributed by atoms with Gasteiger partial charge in [-0.25, -0.2) is 0 Å². The van der Waals surface area contributed by atoms with E-state index in [9.17, 15) is 4.79 Å². The predicted molar refractivity (Wildman–Crippen MR) is 113 cm³/mol. The molecule has 0 unspecified atom stereocenters. The number of hydrogen-bond acceptors (Lipinski definition) is 5. The Hall–Kier alpha value is -3.34. The Kier molecular flexibility index (Phi) is 4.46. The first-order valence-corrected chi connectivity index (χ1v) is 10.1. The average Bonchev–Trinajstić information content (AvgIpc) is 3.46. The van der Waals surface area contributed by atoms with Crippen LogP contribution in [0, 0.1) is 6.92 Å². The van der Waals surface area contributed by atoms with E-state index in [4.69, 9.17) is 14.2 Å². The van der Waals surface area contributed by atoms with E-state index in [1.807, 2.05) is 55.6 Å². The maximum atomic E-state index is 13.3. The molecule has 2 aliphatic rings. The summed E-state index contributed by atoms with van der Waals surface area (Å²) in [4.78, 5) is 17.9. The normalized spacial score (nSPS) is 15.7. The van der Waals surface area contributed by atoms with Gasteiger partial charge >= 0.3 is 0 Å². The van der Waals surface area contributed by atoms with E-state index in [1.54, 1.807) is 7.11 Å². The molecule has 0 bridgehead atoms. The fraction of sp³-hybridized carbons (Fsp3) is 0.280. The third-order valence-corrected chi connectivity index (χ3v) is 6.14. The molecule has 1 aliphatic carbocycles. The Balaban J connectivity index is 1.39. The van der Waals surface area contributed by atoms with Gasteiger partial charge in [0.1, 0.15) is 11.5 Å². The van der Waals surface area contributed by atoms with Crippen molar-refractivity contribution >= 4 is 5.78 Å². The minimum absolute atomic E-state index is 0.210. The Morgan fingerprint density at radius 1 is 1.10 bits per heavy atom. The zero-order chi connectivity index (χ0) is 20.7. The fourth-order valence-corrected chi connectivity index (χ4v) is 4.19. The Morgan fingerprint density at radius 3 is 2.67 bits per heavy atom. The lowest BCUT2D eigenvalue weighted by atomic mass is 9.88. The van der Waals surface area contributed by atoms with Gasteiger partial charge in [0.15, 0.2) is 11.5 Å². The summed E-state index contributed by atoms with van der Waals surface area (Å²) in [5.41, 5.74) is 4.40. The lowest BCUT2D eigenvalue weighted by molar-refractivity contribution is -0.120. The van der Waals surface area contributed by atoms with Gasteiger partial charge in [0.25, 0.3) is 0 Å². The molecule has 30 heavy (non-hydrogen) atoms. The van der Waals surface area contributed by atoms with E-state index in [-0.39, 0.29) is 12.6 Å². The Bertz CT molecular complexity index is 1130. The monoisotopic (exact) mass is 401 g/mol. The van der Waals surface area contributed by atoms with E-state index in [0.717, 1.165) is 58.0 Å². The van der Waals surface area contributed by atoms with Gasteiger partial charge in [0.05, 0.1) is 18.2 Å². The molecule has 1 saturated carbocycles. The molecule has 5 rings (SSSR count). The number of aryl methyl sites for hydroxylation is 1. The van der Waals surface area contributed by atoms with Crippen molar-refractivity contribution < 1.29 is 19.0 Å². The quantitative estimate of drug-likeness (QED) is 0.602. The van der Waals surface area contributed by atoms with Gasteiger partial charge in [0, 0.05) is 23.7 Å². The van der Waals surface area contributed by atoms with E-state index < -0.39 is 5.41 Å². The van der Waals surface area contributed by atoms with Crippen LogP contribution in [0.15, 0.2) is 54.7 Å². The summed E-state index contributed by atoms with van der Waals surface area (Å²) in [6, 6.07) is 15.8. The highest BCUT2D eigenvalue weighted by Crippen LogP contribution is 2.51. The van der Waals surface area contributed by atoms with Crippen LogP contribution in [0.2, 0.25) is 0 Å². The molecule has 1 aromatic heterocycles. The zero-order valence-electron chi connectivity index (χ0n) is 17.1. The number of rotatable bonds is 6. The second-order valence-corrected chi connectivity index (χ2v) is 7.94. The number of ether oxygens (including phenoxy) is 3. The maximum Gasteiger partial charge on any atom is 0.231 e. The standard InChI is InChI=1S/C25H23NO4/c1-16-11-17(19-5-3-4-6-21(19)28-2)14-26-20(16)13-24(27)25(9-10-25)18-7-8-22-23(12-18)30-15-29-22/h3-8,11-12,14H,9-10,13,15H2,1-2H3. The molecular weight excluding hydrogens is 378 g/mol. The summed E-state index contributed by atoms with van der Waals surface area (Å²) in [5, 5.41) is 0. The third-order valence-electron chi connectivity index (χ3n) is 6.14. The van der Waals surface area contributed by atoms with Crippen LogP contribution >= 0.6 is 0 Å². The number of hydrogen-bond donors (Lipinski definition) is 0. The first-order valence-electron chi connectivity index (χ1n) is 10.1. The lowest BCUT2D eigenvalue weighted by Gasteiger charge is -2.16. The third kappa shape index (κ3) is 3.11. The van der Waals surface area contributed by atoms with Crippen molar-refractivity contribution in [3.05, 3.63) is 71.5 Å². The van der Waals surface area contributed by atoms with Crippen LogP contribution in [0.4, 0.5) is 0 Å². The van der Waals surface area contributed by atoms with E-state index in [0.29, 0.717) is 6.42 Å². The fourth-order valence-electron chi connectivity index (χ4n) is 4.19. The first kappa shape index (κ1) is 18.7. The highest BCUT2D eigenvalue weighted by atomic mass is 16.7. The van der Waals surface area contributed by atoms with Crippen molar-refractivity contribution in [2.75, 3.05) is 13.9 Å². The Labute approximate surface area is 175 Å². The molecule has 1 aliphatic heterocycles. The number of aromatic nitrogens is 1. The maximum absolute atomic E-state index is 13.3. The molecule has 1 fully saturated rings. The van der Waals surface area contributed by atoms with Crippen molar-refractivity contribution in [2.45, 2.75) is 31.6 Å². The molecule has 2 aromatic carbocycles. The summed E-state index contributed by atoms with van der Waals surface area (Å²) in [6.45, 7) is 2.25. The number of benzene rings is 2. The molecule has 3 aromatic rings. The first-order chi connectivity index (χ1) is 14.6. The van der Waals surface area contributed by atoms with E-state index in [1.165, 1.54) is 0 Å². The highest BCUT2D eigenvalue weighted by molar-refractivity contribution is 5.94. The number of para-hydroxylation sites is 1. The molecule has 0 spiro atoms. The molecule has 0 radical (unpaired) electrons. The molecule has 2 heterocycles. The summed E-state index contributed by atoms with van der Waals surface area (Å²) in [6.07, 6.45) is 3.88. The van der Waals surface area contributed by atoms with Crippen molar-refractivity contribution in [1.29, 1.82) is 0 Å². The molecule has 152 valence electrons. The number of Topliss-reactive ketones (excluding diaryl/α,β-unsaturated/α-hetero) is 1. The van der Waals surface area contributed by atoms with Gasteiger partial charge in [-0.2, -0.15) is 0 Å². The van der Waals surface area contributed by atoms with E-state index in [2.05, 4.69) is 11.1 Å². The number of nitrogens with zero attached hydrogens (tertiary/aromatic N) is 1. The van der Waals surface area contributed by atoms with Crippen molar-refractivity contribution in [3.8, 4) is 28.4 Å². The summed E-state index contributed by atoms with van der Waals surface area (Å²) in [7, 11) is 1.66. The molecule has 0 atom stereocenters. The van der Waals surface area contributed by atoms with Gasteiger partial charge in [-0.05, 0) is 55.2 Å². The number of carbonyl (C=O) groups is 1. The van der Waals surface area contributed by atoms with Crippen LogP contribution in [0.1, 0.15) is 29.7 Å². The molecule has 5 heteroatoms. The summed E-state index contributed by atoms with van der Waals surface area (Å²) >= 11 is 0. The largest absolute Gasteiger partial charge is 0.496 e. The van der Waals surface area contributed by atoms with Crippen molar-refractivity contribution in [2.24, 2.45) is 0 Å². The van der Waals surface area contributed by atoms with Gasteiger partial charge < -0.3 is 14.2 Å².